The van der Waals surface area contributed by atoms with Gasteiger partial charge in [-0.3, -0.25) is 4.79 Å². The fourth-order valence-corrected chi connectivity index (χ4v) is 7.16. The Labute approximate surface area is 139 Å². The van der Waals surface area contributed by atoms with Crippen molar-refractivity contribution in [2.45, 2.75) is 77.4 Å². The Kier molecular flexibility index (Phi) is 3.01. The lowest BCUT2D eigenvalue weighted by atomic mass is 9.42. The van der Waals surface area contributed by atoms with Crippen molar-refractivity contribution in [1.82, 2.24) is 0 Å². The van der Waals surface area contributed by atoms with Crippen LogP contribution >= 0.6 is 0 Å². The van der Waals surface area contributed by atoms with E-state index in [4.69, 9.17) is 4.74 Å². The van der Waals surface area contributed by atoms with Gasteiger partial charge in [0, 0.05) is 12.3 Å². The molecule has 7 atom stereocenters. The molecule has 3 heteroatoms. The molecule has 1 heterocycles. The van der Waals surface area contributed by atoms with Crippen molar-refractivity contribution in [2.75, 3.05) is 0 Å². The zero-order chi connectivity index (χ0) is 16.7. The van der Waals surface area contributed by atoms with Gasteiger partial charge in [0.1, 0.15) is 6.10 Å². The van der Waals surface area contributed by atoms with Gasteiger partial charge in [0.15, 0.2) is 0 Å². The fourth-order valence-electron chi connectivity index (χ4n) is 7.16. The third-order valence-corrected chi connectivity index (χ3v) is 8.11. The highest BCUT2D eigenvalue weighted by molar-refractivity contribution is 5.80. The second-order valence-corrected chi connectivity index (χ2v) is 9.63. The summed E-state index contributed by atoms with van der Waals surface area (Å²) in [6, 6.07) is 0. The number of rotatable bonds is 1. The predicted octanol–water partition coefficient (Wildman–Crippen LogP) is 3.85. The van der Waals surface area contributed by atoms with Crippen LogP contribution in [0.25, 0.3) is 0 Å². The second-order valence-electron chi connectivity index (χ2n) is 9.63. The number of carbonyl (C=O) groups is 1. The highest BCUT2D eigenvalue weighted by Gasteiger charge is 2.71. The Morgan fingerprint density at radius 3 is 2.70 bits per heavy atom. The van der Waals surface area contributed by atoms with Gasteiger partial charge < -0.3 is 9.84 Å². The highest BCUT2D eigenvalue weighted by Crippen LogP contribution is 2.69. The van der Waals surface area contributed by atoms with Gasteiger partial charge in [-0.2, -0.15) is 0 Å². The van der Waals surface area contributed by atoms with Crippen LogP contribution in [0, 0.1) is 28.1 Å². The van der Waals surface area contributed by atoms with Crippen LogP contribution in [0.2, 0.25) is 0 Å². The van der Waals surface area contributed by atoms with Crippen molar-refractivity contribution in [2.24, 2.45) is 28.1 Å². The van der Waals surface area contributed by atoms with E-state index in [1.165, 1.54) is 0 Å². The monoisotopic (exact) mass is 318 g/mol. The van der Waals surface area contributed by atoms with E-state index in [1.54, 1.807) is 0 Å². The van der Waals surface area contributed by atoms with E-state index in [9.17, 15) is 9.90 Å². The van der Waals surface area contributed by atoms with Gasteiger partial charge in [-0.25, -0.2) is 0 Å². The van der Waals surface area contributed by atoms with Gasteiger partial charge in [-0.1, -0.05) is 26.3 Å². The van der Waals surface area contributed by atoms with Crippen LogP contribution in [0.4, 0.5) is 0 Å². The lowest BCUT2D eigenvalue weighted by Crippen LogP contribution is -2.64. The normalized spacial score (nSPS) is 58.1. The average molecular weight is 318 g/mol. The molecular weight excluding hydrogens is 288 g/mol. The molecule has 4 rings (SSSR count). The molecule has 23 heavy (non-hydrogen) atoms. The molecule has 0 bridgehead atoms. The van der Waals surface area contributed by atoms with Crippen LogP contribution in [-0.4, -0.2) is 22.8 Å². The number of hydrogen-bond acceptors (Lipinski definition) is 3. The number of esters is 1. The molecule has 3 aliphatic carbocycles. The molecule has 4 fully saturated rings. The lowest BCUT2D eigenvalue weighted by Gasteiger charge is -2.63. The molecule has 0 aromatic carbocycles. The SMILES string of the molecule is C=C[C@@]1(C)CC[C@H]2[C@](O)(CC3OC(=O)[C@]4(C)CCC[C@@]2(C)C34)C1. The first-order valence-electron chi connectivity index (χ1n) is 9.24. The molecule has 0 amide bonds. The quantitative estimate of drug-likeness (QED) is 0.590. The molecule has 1 N–H and O–H groups in total. The number of allylic oxidation sites excluding steroid dienone is 1. The van der Waals surface area contributed by atoms with Crippen LogP contribution in [0.3, 0.4) is 0 Å². The minimum absolute atomic E-state index is 0.00493. The van der Waals surface area contributed by atoms with Gasteiger partial charge in [0.25, 0.3) is 0 Å². The van der Waals surface area contributed by atoms with E-state index in [0.29, 0.717) is 6.42 Å². The summed E-state index contributed by atoms with van der Waals surface area (Å²) < 4.78 is 5.84. The first kappa shape index (κ1) is 15.7. The Morgan fingerprint density at radius 1 is 1.26 bits per heavy atom. The molecule has 4 aliphatic rings. The lowest BCUT2D eigenvalue weighted by molar-refractivity contribution is -0.214. The van der Waals surface area contributed by atoms with E-state index in [0.717, 1.165) is 38.5 Å². The Balaban J connectivity index is 1.78. The third-order valence-electron chi connectivity index (χ3n) is 8.11. The van der Waals surface area contributed by atoms with E-state index in [1.807, 2.05) is 6.08 Å². The number of hydrogen-bond donors (Lipinski definition) is 1. The Bertz CT molecular complexity index is 571. The summed E-state index contributed by atoms with van der Waals surface area (Å²) in [4.78, 5) is 12.6. The van der Waals surface area contributed by atoms with Crippen molar-refractivity contribution in [1.29, 1.82) is 0 Å². The van der Waals surface area contributed by atoms with Crippen molar-refractivity contribution in [3.05, 3.63) is 12.7 Å². The first-order valence-corrected chi connectivity index (χ1v) is 9.24. The molecule has 3 saturated carbocycles. The fraction of sp³-hybridized carbons (Fsp3) is 0.850. The van der Waals surface area contributed by atoms with Gasteiger partial charge in [-0.15, -0.1) is 6.58 Å². The maximum absolute atomic E-state index is 12.6. The molecule has 1 saturated heterocycles. The second kappa shape index (κ2) is 4.41. The number of fused-ring (bicyclic) bond motifs is 2. The summed E-state index contributed by atoms with van der Waals surface area (Å²) in [6.07, 6.45) is 8.51. The van der Waals surface area contributed by atoms with Crippen molar-refractivity contribution < 1.29 is 14.6 Å². The molecule has 128 valence electrons. The van der Waals surface area contributed by atoms with E-state index in [-0.39, 0.29) is 40.2 Å². The van der Waals surface area contributed by atoms with E-state index < -0.39 is 5.60 Å². The van der Waals surface area contributed by atoms with Gasteiger partial charge >= 0.3 is 5.97 Å². The Hall–Kier alpha value is -0.830. The minimum atomic E-state index is -0.722. The summed E-state index contributed by atoms with van der Waals surface area (Å²) >= 11 is 0. The smallest absolute Gasteiger partial charge is 0.312 e. The zero-order valence-corrected chi connectivity index (χ0v) is 14.7. The predicted molar refractivity (Wildman–Crippen MR) is 88.6 cm³/mol. The molecule has 0 aromatic rings. The van der Waals surface area contributed by atoms with Gasteiger partial charge in [0.2, 0.25) is 0 Å². The highest BCUT2D eigenvalue weighted by atomic mass is 16.6. The average Bonchev–Trinajstić information content (AvgIpc) is 2.70. The molecule has 3 nitrogen and oxygen atoms in total. The standard InChI is InChI=1S/C20H30O3/c1-5-17(2)10-7-14-18(3)8-6-9-19(4)15(18)13(23-16(19)21)11-20(14,22)12-17/h5,13-15,22H,1,6-12H2,2-4H3/t13?,14-,15?,17+,18-,19-,20+/m1/s1. The van der Waals surface area contributed by atoms with Crippen LogP contribution in [0.5, 0.6) is 0 Å². The summed E-state index contributed by atoms with van der Waals surface area (Å²) in [7, 11) is 0. The third kappa shape index (κ3) is 1.83. The van der Waals surface area contributed by atoms with Gasteiger partial charge in [-0.05, 0) is 55.8 Å². The van der Waals surface area contributed by atoms with Crippen molar-refractivity contribution in [3.8, 4) is 0 Å². The molecule has 0 radical (unpaired) electrons. The van der Waals surface area contributed by atoms with Crippen molar-refractivity contribution in [3.63, 3.8) is 0 Å². The first-order chi connectivity index (χ1) is 10.7. The molecule has 1 aliphatic heterocycles. The van der Waals surface area contributed by atoms with Crippen LogP contribution < -0.4 is 0 Å². The maximum Gasteiger partial charge on any atom is 0.312 e. The number of aliphatic hydroxyl groups is 1. The summed E-state index contributed by atoms with van der Waals surface area (Å²) in [5, 5.41) is 11.6. The topological polar surface area (TPSA) is 46.5 Å². The van der Waals surface area contributed by atoms with E-state index in [2.05, 4.69) is 27.4 Å². The number of carbonyl (C=O) groups excluding carboxylic acids is 1. The molecule has 0 aromatic heterocycles. The largest absolute Gasteiger partial charge is 0.461 e. The van der Waals surface area contributed by atoms with Crippen LogP contribution in [0.15, 0.2) is 12.7 Å². The summed E-state index contributed by atoms with van der Waals surface area (Å²) in [5.41, 5.74) is -1.05. The molecule has 0 spiro atoms. The minimum Gasteiger partial charge on any atom is -0.461 e. The van der Waals surface area contributed by atoms with Crippen LogP contribution in [-0.2, 0) is 9.53 Å². The molecular formula is C20H30O3. The number of ether oxygens (including phenoxy) is 1. The van der Waals surface area contributed by atoms with Gasteiger partial charge in [0.05, 0.1) is 11.0 Å². The maximum atomic E-state index is 12.6. The Morgan fingerprint density at radius 2 is 2.00 bits per heavy atom. The zero-order valence-electron chi connectivity index (χ0n) is 14.7. The molecule has 2 unspecified atom stereocenters. The summed E-state index contributed by atoms with van der Waals surface area (Å²) in [6.45, 7) is 10.6. The summed E-state index contributed by atoms with van der Waals surface area (Å²) in [5.74, 6) is 0.528. The van der Waals surface area contributed by atoms with E-state index >= 15 is 0 Å². The van der Waals surface area contributed by atoms with Crippen LogP contribution in [0.1, 0.15) is 65.7 Å². The van der Waals surface area contributed by atoms with Crippen molar-refractivity contribution >= 4 is 5.97 Å².